The lowest BCUT2D eigenvalue weighted by atomic mass is 10.1. The van der Waals surface area contributed by atoms with Crippen molar-refractivity contribution in [2.45, 2.75) is 12.1 Å². The molecule has 178 valence electrons. The second kappa shape index (κ2) is 11.5. The van der Waals surface area contributed by atoms with Crippen LogP contribution in [0.25, 0.3) is 17.1 Å². The molecule has 0 atom stereocenters. The van der Waals surface area contributed by atoms with Crippen LogP contribution in [0.4, 0.5) is 0 Å². The second-order valence-electron chi connectivity index (χ2n) is 7.27. The predicted octanol–water partition coefficient (Wildman–Crippen LogP) is 7.18. The summed E-state index contributed by atoms with van der Waals surface area (Å²) in [5, 5.41) is 15.5. The number of nitrogens with one attached hydrogen (secondary N) is 1. The highest BCUT2D eigenvalue weighted by atomic mass is 35.5. The van der Waals surface area contributed by atoms with E-state index in [9.17, 15) is 4.79 Å². The standard InChI is InChI=1S/C24H17Cl4N5OS/c1-14(16-4-11-20(27)21(28)12-16)29-30-22(34)13-35-24-32-31-23(15-2-5-17(25)6-3-15)33(24)19-9-7-18(26)8-10-19/h2-12H,13H2,1H3,(H,30,34)/b29-14+. The second-order valence-corrected chi connectivity index (χ2v) is 9.90. The van der Waals surface area contributed by atoms with E-state index in [4.69, 9.17) is 46.4 Å². The monoisotopic (exact) mass is 563 g/mol. The van der Waals surface area contributed by atoms with Gasteiger partial charge in [0.05, 0.1) is 21.5 Å². The average molecular weight is 565 g/mol. The van der Waals surface area contributed by atoms with Crippen molar-refractivity contribution < 1.29 is 4.79 Å². The van der Waals surface area contributed by atoms with Crippen LogP contribution in [0.2, 0.25) is 20.1 Å². The van der Waals surface area contributed by atoms with Gasteiger partial charge in [0.2, 0.25) is 0 Å². The molecule has 3 aromatic carbocycles. The van der Waals surface area contributed by atoms with Crippen molar-refractivity contribution in [3.05, 3.63) is 92.4 Å². The zero-order chi connectivity index (χ0) is 24.9. The van der Waals surface area contributed by atoms with Gasteiger partial charge in [0, 0.05) is 21.3 Å². The molecule has 0 aliphatic carbocycles. The van der Waals surface area contributed by atoms with Crippen LogP contribution >= 0.6 is 58.2 Å². The van der Waals surface area contributed by atoms with Gasteiger partial charge in [-0.25, -0.2) is 5.43 Å². The van der Waals surface area contributed by atoms with Crippen LogP contribution in [0.15, 0.2) is 77.0 Å². The Kier molecular flexibility index (Phi) is 8.36. The molecule has 0 saturated carbocycles. The number of benzene rings is 3. The smallest absolute Gasteiger partial charge is 0.250 e. The van der Waals surface area contributed by atoms with Gasteiger partial charge >= 0.3 is 0 Å². The number of aromatic nitrogens is 3. The van der Waals surface area contributed by atoms with Gasteiger partial charge in [-0.1, -0.05) is 64.2 Å². The Bertz CT molecular complexity index is 1390. The summed E-state index contributed by atoms with van der Waals surface area (Å²) in [6.45, 7) is 1.77. The van der Waals surface area contributed by atoms with Crippen LogP contribution in [0.5, 0.6) is 0 Å². The molecule has 0 radical (unpaired) electrons. The molecule has 0 bridgehead atoms. The fourth-order valence-corrected chi connectivity index (χ4v) is 4.36. The maximum absolute atomic E-state index is 12.5. The number of thioether (sulfide) groups is 1. The number of halogens is 4. The number of nitrogens with zero attached hydrogens (tertiary/aromatic N) is 4. The van der Waals surface area contributed by atoms with Gasteiger partial charge in [-0.3, -0.25) is 9.36 Å². The molecule has 0 fully saturated rings. The molecule has 1 N–H and O–H groups in total. The van der Waals surface area contributed by atoms with Crippen LogP contribution in [0, 0.1) is 0 Å². The molecule has 0 unspecified atom stereocenters. The third-order valence-corrected chi connectivity index (χ3v) is 7.01. The lowest BCUT2D eigenvalue weighted by Crippen LogP contribution is -2.21. The van der Waals surface area contributed by atoms with E-state index in [2.05, 4.69) is 20.7 Å². The van der Waals surface area contributed by atoms with E-state index in [1.807, 2.05) is 28.8 Å². The minimum absolute atomic E-state index is 0.0739. The summed E-state index contributed by atoms with van der Waals surface area (Å²) in [7, 11) is 0. The first kappa shape index (κ1) is 25.5. The molecule has 4 rings (SSSR count). The summed E-state index contributed by atoms with van der Waals surface area (Å²) in [4.78, 5) is 12.5. The minimum atomic E-state index is -0.298. The predicted molar refractivity (Wildman–Crippen MR) is 144 cm³/mol. The minimum Gasteiger partial charge on any atom is -0.272 e. The molecule has 35 heavy (non-hydrogen) atoms. The molecule has 4 aromatic rings. The zero-order valence-corrected chi connectivity index (χ0v) is 22.0. The third-order valence-electron chi connectivity index (χ3n) is 4.84. The van der Waals surface area contributed by atoms with Crippen LogP contribution in [-0.4, -0.2) is 32.1 Å². The van der Waals surface area contributed by atoms with Gasteiger partial charge in [-0.05, 0) is 73.2 Å². The molecular formula is C24H17Cl4N5OS. The molecule has 0 spiro atoms. The highest BCUT2D eigenvalue weighted by Crippen LogP contribution is 2.29. The molecular weight excluding hydrogens is 548 g/mol. The van der Waals surface area contributed by atoms with E-state index in [-0.39, 0.29) is 11.7 Å². The Hall–Kier alpha value is -2.55. The van der Waals surface area contributed by atoms with Crippen molar-refractivity contribution in [2.24, 2.45) is 5.10 Å². The molecule has 11 heteroatoms. The van der Waals surface area contributed by atoms with E-state index in [1.165, 1.54) is 11.8 Å². The van der Waals surface area contributed by atoms with Gasteiger partial charge in [-0.2, -0.15) is 5.10 Å². The van der Waals surface area contributed by atoms with Gasteiger partial charge < -0.3 is 0 Å². The number of hydrogen-bond donors (Lipinski definition) is 1. The molecule has 0 aliphatic rings. The number of hydrazone groups is 1. The fraction of sp³-hybridized carbons (Fsp3) is 0.0833. The van der Waals surface area contributed by atoms with Crippen molar-refractivity contribution in [3.63, 3.8) is 0 Å². The average Bonchev–Trinajstić information content (AvgIpc) is 3.27. The summed E-state index contributed by atoms with van der Waals surface area (Å²) in [5.41, 5.74) is 5.54. The summed E-state index contributed by atoms with van der Waals surface area (Å²) >= 11 is 25.4. The fourth-order valence-electron chi connectivity index (χ4n) is 3.07. The highest BCUT2D eigenvalue weighted by Gasteiger charge is 2.17. The summed E-state index contributed by atoms with van der Waals surface area (Å²) in [6.07, 6.45) is 0. The first-order chi connectivity index (χ1) is 16.8. The molecule has 6 nitrogen and oxygen atoms in total. The van der Waals surface area contributed by atoms with E-state index in [1.54, 1.807) is 49.4 Å². The topological polar surface area (TPSA) is 72.2 Å². The van der Waals surface area contributed by atoms with Crippen LogP contribution < -0.4 is 5.43 Å². The van der Waals surface area contributed by atoms with Gasteiger partial charge in [0.1, 0.15) is 0 Å². The maximum atomic E-state index is 12.5. The van der Waals surface area contributed by atoms with Gasteiger partial charge in [0.25, 0.3) is 5.91 Å². The summed E-state index contributed by atoms with van der Waals surface area (Å²) in [5.74, 6) is 0.387. The van der Waals surface area contributed by atoms with E-state index >= 15 is 0 Å². The Morgan fingerprint density at radius 1 is 0.914 bits per heavy atom. The van der Waals surface area contributed by atoms with E-state index in [0.29, 0.717) is 36.8 Å². The van der Waals surface area contributed by atoms with Crippen LogP contribution in [-0.2, 0) is 4.79 Å². The zero-order valence-electron chi connectivity index (χ0n) is 18.2. The van der Waals surface area contributed by atoms with Crippen molar-refractivity contribution >= 4 is 69.8 Å². The van der Waals surface area contributed by atoms with Crippen molar-refractivity contribution in [2.75, 3.05) is 5.75 Å². The molecule has 0 saturated heterocycles. The van der Waals surface area contributed by atoms with Crippen molar-refractivity contribution in [1.29, 1.82) is 0 Å². The van der Waals surface area contributed by atoms with E-state index in [0.717, 1.165) is 16.8 Å². The lowest BCUT2D eigenvalue weighted by Gasteiger charge is -2.10. The number of carbonyl (C=O) groups excluding carboxylic acids is 1. The SMILES string of the molecule is C/C(=N\NC(=O)CSc1nnc(-c2ccc(Cl)cc2)n1-c1ccc(Cl)cc1)c1ccc(Cl)c(Cl)c1. The summed E-state index contributed by atoms with van der Waals surface area (Å²) in [6, 6.07) is 19.7. The van der Waals surface area contributed by atoms with Crippen LogP contribution in [0.1, 0.15) is 12.5 Å². The van der Waals surface area contributed by atoms with E-state index < -0.39 is 0 Å². The molecule has 1 amide bonds. The Morgan fingerprint density at radius 2 is 1.57 bits per heavy atom. The lowest BCUT2D eigenvalue weighted by molar-refractivity contribution is -0.118. The Labute approximate surface area is 226 Å². The number of rotatable bonds is 7. The molecule has 1 heterocycles. The van der Waals surface area contributed by atoms with Crippen molar-refractivity contribution in [1.82, 2.24) is 20.2 Å². The van der Waals surface area contributed by atoms with Gasteiger partial charge in [-0.15, -0.1) is 10.2 Å². The quantitative estimate of drug-likeness (QED) is 0.146. The largest absolute Gasteiger partial charge is 0.272 e. The number of carbonyl (C=O) groups is 1. The first-order valence-electron chi connectivity index (χ1n) is 10.2. The normalized spacial score (nSPS) is 11.5. The highest BCUT2D eigenvalue weighted by molar-refractivity contribution is 7.99. The Morgan fingerprint density at radius 3 is 2.23 bits per heavy atom. The first-order valence-corrected chi connectivity index (χ1v) is 12.7. The van der Waals surface area contributed by atoms with Gasteiger partial charge in [0.15, 0.2) is 11.0 Å². The Balaban J connectivity index is 1.52. The number of hydrogen-bond acceptors (Lipinski definition) is 5. The third kappa shape index (κ3) is 6.37. The molecule has 0 aliphatic heterocycles. The van der Waals surface area contributed by atoms with Crippen LogP contribution in [0.3, 0.4) is 0 Å². The summed E-state index contributed by atoms with van der Waals surface area (Å²) < 4.78 is 1.86. The number of amides is 1. The maximum Gasteiger partial charge on any atom is 0.250 e. The molecule has 1 aromatic heterocycles. The van der Waals surface area contributed by atoms with Crippen molar-refractivity contribution in [3.8, 4) is 17.1 Å².